The maximum Gasteiger partial charge on any atom is 0.178 e. The molecule has 16 heavy (non-hydrogen) atoms. The SMILES string of the molecule is CC1(Cn2c(=S)[nH]c3cc(Cl)ccc32)CC1. The summed E-state index contributed by atoms with van der Waals surface area (Å²) >= 11 is 11.3. The van der Waals surface area contributed by atoms with Gasteiger partial charge >= 0.3 is 0 Å². The van der Waals surface area contributed by atoms with Crippen molar-refractivity contribution < 1.29 is 0 Å². The number of hydrogen-bond acceptors (Lipinski definition) is 1. The van der Waals surface area contributed by atoms with Crippen LogP contribution in [0.5, 0.6) is 0 Å². The molecule has 0 spiro atoms. The molecule has 3 rings (SSSR count). The fourth-order valence-electron chi connectivity index (χ4n) is 2.05. The molecule has 1 aliphatic rings. The molecule has 1 aromatic carbocycles. The number of H-pyrrole nitrogens is 1. The number of halogens is 1. The number of nitrogens with zero attached hydrogens (tertiary/aromatic N) is 1. The molecule has 0 saturated heterocycles. The minimum absolute atomic E-state index is 0.451. The van der Waals surface area contributed by atoms with Crippen LogP contribution in [-0.4, -0.2) is 9.55 Å². The molecule has 1 aromatic heterocycles. The first-order valence-corrected chi connectivity index (χ1v) is 6.24. The van der Waals surface area contributed by atoms with Gasteiger partial charge in [0.05, 0.1) is 11.0 Å². The van der Waals surface area contributed by atoms with E-state index in [-0.39, 0.29) is 0 Å². The monoisotopic (exact) mass is 252 g/mol. The third kappa shape index (κ3) is 1.68. The van der Waals surface area contributed by atoms with Gasteiger partial charge in [-0.05, 0) is 48.7 Å². The highest BCUT2D eigenvalue weighted by Gasteiger charge is 2.37. The van der Waals surface area contributed by atoms with Crippen molar-refractivity contribution in [2.24, 2.45) is 5.41 Å². The Balaban J connectivity index is 2.16. The van der Waals surface area contributed by atoms with Crippen molar-refractivity contribution >= 4 is 34.9 Å². The molecule has 1 saturated carbocycles. The fraction of sp³-hybridized carbons (Fsp3) is 0.417. The number of hydrogen-bond donors (Lipinski definition) is 1. The average molecular weight is 253 g/mol. The van der Waals surface area contributed by atoms with E-state index in [1.165, 1.54) is 12.8 Å². The summed E-state index contributed by atoms with van der Waals surface area (Å²) in [4.78, 5) is 3.21. The van der Waals surface area contributed by atoms with Crippen LogP contribution in [0.2, 0.25) is 5.02 Å². The van der Waals surface area contributed by atoms with Gasteiger partial charge in [-0.2, -0.15) is 0 Å². The third-order valence-electron chi connectivity index (χ3n) is 3.38. The van der Waals surface area contributed by atoms with Crippen molar-refractivity contribution in [3.8, 4) is 0 Å². The van der Waals surface area contributed by atoms with Crippen LogP contribution in [0.3, 0.4) is 0 Å². The molecule has 0 amide bonds. The summed E-state index contributed by atoms with van der Waals surface area (Å²) in [5, 5.41) is 0.744. The van der Waals surface area contributed by atoms with E-state index < -0.39 is 0 Å². The number of aromatic amines is 1. The summed E-state index contributed by atoms with van der Waals surface area (Å²) in [7, 11) is 0. The number of imidazole rings is 1. The predicted octanol–water partition coefficient (Wildman–Crippen LogP) is 4.15. The molecule has 0 atom stereocenters. The minimum Gasteiger partial charge on any atom is -0.331 e. The molecule has 0 bridgehead atoms. The second kappa shape index (κ2) is 3.34. The summed E-state index contributed by atoms with van der Waals surface area (Å²) in [5.41, 5.74) is 2.64. The Hall–Kier alpha value is -0.800. The van der Waals surface area contributed by atoms with E-state index in [1.54, 1.807) is 0 Å². The van der Waals surface area contributed by atoms with Gasteiger partial charge in [0, 0.05) is 11.6 Å². The zero-order valence-corrected chi connectivity index (χ0v) is 10.7. The van der Waals surface area contributed by atoms with Crippen molar-refractivity contribution in [1.29, 1.82) is 0 Å². The summed E-state index contributed by atoms with van der Waals surface area (Å²) < 4.78 is 2.99. The van der Waals surface area contributed by atoms with Gasteiger partial charge in [-0.15, -0.1) is 0 Å². The van der Waals surface area contributed by atoms with Gasteiger partial charge < -0.3 is 9.55 Å². The Morgan fingerprint density at radius 2 is 2.25 bits per heavy atom. The smallest absolute Gasteiger partial charge is 0.178 e. The Morgan fingerprint density at radius 3 is 2.94 bits per heavy atom. The molecule has 0 aliphatic heterocycles. The highest BCUT2D eigenvalue weighted by Crippen LogP contribution is 2.46. The normalized spacial score (nSPS) is 17.9. The summed E-state index contributed by atoms with van der Waals surface area (Å²) in [5.74, 6) is 0. The number of rotatable bonds is 2. The number of nitrogens with one attached hydrogen (secondary N) is 1. The molecule has 1 aliphatic carbocycles. The van der Waals surface area contributed by atoms with Crippen molar-refractivity contribution in [3.05, 3.63) is 28.0 Å². The number of aromatic nitrogens is 2. The minimum atomic E-state index is 0.451. The van der Waals surface area contributed by atoms with Crippen LogP contribution in [0.15, 0.2) is 18.2 Å². The molecule has 0 radical (unpaired) electrons. The Kier molecular flexibility index (Phi) is 2.17. The largest absolute Gasteiger partial charge is 0.331 e. The van der Waals surface area contributed by atoms with Gasteiger partial charge in [-0.3, -0.25) is 0 Å². The van der Waals surface area contributed by atoms with Crippen LogP contribution < -0.4 is 0 Å². The summed E-state index contributed by atoms with van der Waals surface area (Å²) in [6.07, 6.45) is 2.60. The zero-order valence-electron chi connectivity index (χ0n) is 9.09. The maximum absolute atomic E-state index is 5.96. The molecule has 1 heterocycles. The van der Waals surface area contributed by atoms with E-state index in [9.17, 15) is 0 Å². The lowest BCUT2D eigenvalue weighted by molar-refractivity contribution is 0.469. The molecule has 1 fully saturated rings. The molecule has 2 aromatic rings. The van der Waals surface area contributed by atoms with Gasteiger partial charge in [-0.1, -0.05) is 18.5 Å². The quantitative estimate of drug-likeness (QED) is 0.797. The first-order chi connectivity index (χ1) is 7.57. The van der Waals surface area contributed by atoms with E-state index in [1.807, 2.05) is 18.2 Å². The van der Waals surface area contributed by atoms with Crippen molar-refractivity contribution in [3.63, 3.8) is 0 Å². The lowest BCUT2D eigenvalue weighted by atomic mass is 10.1. The molecule has 1 N–H and O–H groups in total. The summed E-state index contributed by atoms with van der Waals surface area (Å²) in [6.45, 7) is 3.32. The third-order valence-corrected chi connectivity index (χ3v) is 3.94. The van der Waals surface area contributed by atoms with Crippen LogP contribution in [0.1, 0.15) is 19.8 Å². The number of fused-ring (bicyclic) bond motifs is 1. The molecule has 4 heteroatoms. The first kappa shape index (κ1) is 10.4. The van der Waals surface area contributed by atoms with E-state index in [0.29, 0.717) is 5.41 Å². The van der Waals surface area contributed by atoms with E-state index in [0.717, 1.165) is 27.4 Å². The van der Waals surface area contributed by atoms with Gasteiger partial charge in [0.1, 0.15) is 0 Å². The van der Waals surface area contributed by atoms with Crippen LogP contribution >= 0.6 is 23.8 Å². The van der Waals surface area contributed by atoms with Crippen molar-refractivity contribution in [2.45, 2.75) is 26.3 Å². The summed E-state index contributed by atoms with van der Waals surface area (Å²) in [6, 6.07) is 5.88. The van der Waals surface area contributed by atoms with Crippen LogP contribution in [-0.2, 0) is 6.54 Å². The molecular weight excluding hydrogens is 240 g/mol. The van der Waals surface area contributed by atoms with Crippen molar-refractivity contribution in [1.82, 2.24) is 9.55 Å². The van der Waals surface area contributed by atoms with E-state index in [2.05, 4.69) is 16.5 Å². The Labute approximate surface area is 104 Å². The Morgan fingerprint density at radius 1 is 1.50 bits per heavy atom. The molecule has 84 valence electrons. The van der Waals surface area contributed by atoms with Gasteiger partial charge in [0.15, 0.2) is 4.77 Å². The average Bonchev–Trinajstić information content (AvgIpc) is 2.86. The standard InChI is InChI=1S/C12H13ClN2S/c1-12(4-5-12)7-15-10-3-2-8(13)6-9(10)14-11(15)16/h2-3,6H,4-5,7H2,1H3,(H,14,16). The predicted molar refractivity (Wildman–Crippen MR) is 69.5 cm³/mol. The highest BCUT2D eigenvalue weighted by molar-refractivity contribution is 7.71. The fourth-order valence-corrected chi connectivity index (χ4v) is 2.49. The molecule has 0 unspecified atom stereocenters. The van der Waals surface area contributed by atoms with Crippen LogP contribution in [0, 0.1) is 10.2 Å². The van der Waals surface area contributed by atoms with Crippen LogP contribution in [0.4, 0.5) is 0 Å². The lowest BCUT2D eigenvalue weighted by Crippen LogP contribution is -2.07. The van der Waals surface area contributed by atoms with Crippen LogP contribution in [0.25, 0.3) is 11.0 Å². The van der Waals surface area contributed by atoms with E-state index >= 15 is 0 Å². The van der Waals surface area contributed by atoms with Gasteiger partial charge in [0.25, 0.3) is 0 Å². The Bertz CT molecular complexity index is 607. The van der Waals surface area contributed by atoms with E-state index in [4.69, 9.17) is 23.8 Å². The van der Waals surface area contributed by atoms with Gasteiger partial charge in [0.2, 0.25) is 0 Å². The van der Waals surface area contributed by atoms with Crippen molar-refractivity contribution in [2.75, 3.05) is 0 Å². The number of benzene rings is 1. The van der Waals surface area contributed by atoms with Gasteiger partial charge in [-0.25, -0.2) is 0 Å². The lowest BCUT2D eigenvalue weighted by Gasteiger charge is -2.10. The topological polar surface area (TPSA) is 20.7 Å². The highest BCUT2D eigenvalue weighted by atomic mass is 35.5. The molecular formula is C12H13ClN2S. The second-order valence-corrected chi connectivity index (χ2v) is 5.81. The second-order valence-electron chi connectivity index (χ2n) is 4.99. The zero-order chi connectivity index (χ0) is 11.3. The first-order valence-electron chi connectivity index (χ1n) is 5.46. The maximum atomic E-state index is 5.96. The molecule has 2 nitrogen and oxygen atoms in total.